The number of nitrogens with one attached hydrogen (secondary N) is 2. The molecule has 2 N–H and O–H groups in total. The molecule has 1 amide bonds. The molecule has 0 unspecified atom stereocenters. The Morgan fingerprint density at radius 3 is 2.71 bits per heavy atom. The highest BCUT2D eigenvalue weighted by molar-refractivity contribution is 5.91. The highest BCUT2D eigenvalue weighted by atomic mass is 16.1. The van der Waals surface area contributed by atoms with Crippen molar-refractivity contribution in [1.82, 2.24) is 24.8 Å². The highest BCUT2D eigenvalue weighted by Crippen LogP contribution is 2.24. The number of rotatable bonds is 9. The van der Waals surface area contributed by atoms with Crippen LogP contribution < -0.4 is 10.6 Å². The van der Waals surface area contributed by atoms with Crippen LogP contribution in [0.4, 0.5) is 17.3 Å². The van der Waals surface area contributed by atoms with Crippen molar-refractivity contribution in [2.75, 3.05) is 50.4 Å². The molecule has 0 bridgehead atoms. The maximum Gasteiger partial charge on any atom is 0.227 e. The van der Waals surface area contributed by atoms with Crippen molar-refractivity contribution in [2.24, 2.45) is 0 Å². The fourth-order valence-electron chi connectivity index (χ4n) is 3.96. The molecular weight excluding hydrogens is 426 g/mol. The van der Waals surface area contributed by atoms with Crippen LogP contribution >= 0.6 is 0 Å². The monoisotopic (exact) mass is 459 g/mol. The van der Waals surface area contributed by atoms with Gasteiger partial charge in [0.05, 0.1) is 5.69 Å². The topological polar surface area (TPSA) is 86.3 Å². The minimum Gasteiger partial charge on any atom is -0.326 e. The van der Waals surface area contributed by atoms with E-state index in [1.807, 2.05) is 43.3 Å². The number of anilines is 3. The minimum absolute atomic E-state index is 0.0444. The number of unbranched alkanes of at least 4 members (excludes halogenated alkanes) is 1. The van der Waals surface area contributed by atoms with Crippen molar-refractivity contribution in [1.29, 1.82) is 0 Å². The molecule has 34 heavy (non-hydrogen) atoms. The number of hydrogen-bond donors (Lipinski definition) is 2. The lowest BCUT2D eigenvalue weighted by atomic mass is 10.1. The third kappa shape index (κ3) is 6.82. The van der Waals surface area contributed by atoms with Crippen LogP contribution in [0.1, 0.15) is 24.8 Å². The van der Waals surface area contributed by atoms with Crippen molar-refractivity contribution in [2.45, 2.75) is 26.2 Å². The number of piperazine rings is 1. The number of benzene rings is 1. The Morgan fingerprint density at radius 2 is 1.91 bits per heavy atom. The lowest BCUT2D eigenvalue weighted by molar-refractivity contribution is -0.116. The maximum atomic E-state index is 12.5. The summed E-state index contributed by atoms with van der Waals surface area (Å²) in [6.07, 6.45) is 7.70. The SMILES string of the molecule is Cc1ccc(NC(=O)CCCCN2CCN(C)CC2)cc1Nc1nccc(-c2cccnc2)n1. The molecule has 1 aliphatic heterocycles. The molecule has 3 heterocycles. The van der Waals surface area contributed by atoms with E-state index in [0.717, 1.165) is 73.8 Å². The molecule has 1 fully saturated rings. The van der Waals surface area contributed by atoms with Crippen molar-refractivity contribution >= 4 is 23.2 Å². The summed E-state index contributed by atoms with van der Waals surface area (Å²) in [7, 11) is 2.17. The van der Waals surface area contributed by atoms with Gasteiger partial charge in [0.1, 0.15) is 0 Å². The molecule has 1 saturated heterocycles. The first-order valence-corrected chi connectivity index (χ1v) is 11.9. The standard InChI is InChI=1S/C26H33N7O/c1-20-8-9-22(29-25(34)7-3-4-13-33-16-14-32(2)15-17-33)18-24(20)31-26-28-12-10-23(30-26)21-6-5-11-27-19-21/h5-6,8-12,18-19H,3-4,7,13-17H2,1-2H3,(H,29,34)(H,28,30,31). The molecule has 0 saturated carbocycles. The number of pyridine rings is 1. The van der Waals surface area contributed by atoms with Gasteiger partial charge in [-0.05, 0) is 69.3 Å². The Kier molecular flexibility index (Phi) is 8.17. The van der Waals surface area contributed by atoms with Crippen LogP contribution in [-0.4, -0.2) is 70.4 Å². The zero-order valence-corrected chi connectivity index (χ0v) is 20.0. The quantitative estimate of drug-likeness (QED) is 0.469. The molecule has 1 aliphatic rings. The van der Waals surface area contributed by atoms with Crippen LogP contribution in [0.15, 0.2) is 55.0 Å². The zero-order chi connectivity index (χ0) is 23.8. The Bertz CT molecular complexity index is 1080. The van der Waals surface area contributed by atoms with Crippen LogP contribution in [0.3, 0.4) is 0 Å². The number of amides is 1. The summed E-state index contributed by atoms with van der Waals surface area (Å²) in [5, 5.41) is 6.31. The Balaban J connectivity index is 1.29. The van der Waals surface area contributed by atoms with E-state index in [0.29, 0.717) is 12.4 Å². The summed E-state index contributed by atoms with van der Waals surface area (Å²) in [5.74, 6) is 0.542. The first kappa shape index (κ1) is 23.8. The van der Waals surface area contributed by atoms with E-state index in [1.165, 1.54) is 0 Å². The van der Waals surface area contributed by atoms with E-state index in [4.69, 9.17) is 0 Å². The van der Waals surface area contributed by atoms with E-state index >= 15 is 0 Å². The summed E-state index contributed by atoms with van der Waals surface area (Å²) in [4.78, 5) is 30.4. The Labute approximate surface area is 201 Å². The zero-order valence-electron chi connectivity index (χ0n) is 20.0. The van der Waals surface area contributed by atoms with E-state index in [9.17, 15) is 4.79 Å². The average Bonchev–Trinajstić information content (AvgIpc) is 2.86. The van der Waals surface area contributed by atoms with Crippen molar-refractivity contribution < 1.29 is 4.79 Å². The van der Waals surface area contributed by atoms with Gasteiger partial charge in [-0.25, -0.2) is 9.97 Å². The van der Waals surface area contributed by atoms with Crippen LogP contribution in [0, 0.1) is 6.92 Å². The molecule has 3 aromatic rings. The van der Waals surface area contributed by atoms with Crippen LogP contribution in [0.25, 0.3) is 11.3 Å². The predicted octanol–water partition coefficient (Wildman–Crippen LogP) is 3.95. The summed E-state index contributed by atoms with van der Waals surface area (Å²) >= 11 is 0. The second kappa shape index (κ2) is 11.7. The fraction of sp³-hybridized carbons (Fsp3) is 0.385. The van der Waals surface area contributed by atoms with Gasteiger partial charge in [0, 0.05) is 68.1 Å². The fourth-order valence-corrected chi connectivity index (χ4v) is 3.96. The largest absolute Gasteiger partial charge is 0.326 e. The van der Waals surface area contributed by atoms with E-state index in [1.54, 1.807) is 18.6 Å². The first-order valence-electron chi connectivity index (χ1n) is 11.9. The lowest BCUT2D eigenvalue weighted by Crippen LogP contribution is -2.44. The van der Waals surface area contributed by atoms with Gasteiger partial charge >= 0.3 is 0 Å². The van der Waals surface area contributed by atoms with Gasteiger partial charge in [0.15, 0.2) is 0 Å². The van der Waals surface area contributed by atoms with E-state index < -0.39 is 0 Å². The van der Waals surface area contributed by atoms with Gasteiger partial charge < -0.3 is 20.4 Å². The molecule has 1 aromatic carbocycles. The van der Waals surface area contributed by atoms with E-state index in [2.05, 4.69) is 42.4 Å². The lowest BCUT2D eigenvalue weighted by Gasteiger charge is -2.32. The van der Waals surface area contributed by atoms with Gasteiger partial charge in [0.25, 0.3) is 0 Å². The highest BCUT2D eigenvalue weighted by Gasteiger charge is 2.13. The average molecular weight is 460 g/mol. The first-order chi connectivity index (χ1) is 16.6. The number of carbonyl (C=O) groups is 1. The van der Waals surface area contributed by atoms with Gasteiger partial charge in [-0.2, -0.15) is 0 Å². The van der Waals surface area contributed by atoms with Crippen molar-refractivity contribution in [3.63, 3.8) is 0 Å². The maximum absolute atomic E-state index is 12.5. The molecule has 0 aliphatic carbocycles. The van der Waals surface area contributed by atoms with Crippen molar-refractivity contribution in [3.05, 3.63) is 60.6 Å². The van der Waals surface area contributed by atoms with Crippen LogP contribution in [-0.2, 0) is 4.79 Å². The van der Waals surface area contributed by atoms with E-state index in [-0.39, 0.29) is 5.91 Å². The Morgan fingerprint density at radius 1 is 1.06 bits per heavy atom. The third-order valence-corrected chi connectivity index (χ3v) is 6.10. The van der Waals surface area contributed by atoms with Crippen LogP contribution in [0.2, 0.25) is 0 Å². The molecule has 0 radical (unpaired) electrons. The van der Waals surface area contributed by atoms with Gasteiger partial charge in [-0.1, -0.05) is 6.07 Å². The molecule has 2 aromatic heterocycles. The van der Waals surface area contributed by atoms with Gasteiger partial charge in [0.2, 0.25) is 11.9 Å². The van der Waals surface area contributed by atoms with Crippen LogP contribution in [0.5, 0.6) is 0 Å². The summed E-state index contributed by atoms with van der Waals surface area (Å²) in [5.41, 5.74) is 4.39. The number of hydrogen-bond acceptors (Lipinski definition) is 7. The minimum atomic E-state index is 0.0444. The molecular formula is C26H33N7O. The molecule has 0 spiro atoms. The molecule has 4 rings (SSSR count). The smallest absolute Gasteiger partial charge is 0.227 e. The second-order valence-corrected chi connectivity index (χ2v) is 8.81. The number of aryl methyl sites for hydroxylation is 1. The normalized spacial score (nSPS) is 14.6. The van der Waals surface area contributed by atoms with Gasteiger partial charge in [-0.15, -0.1) is 0 Å². The molecule has 8 nitrogen and oxygen atoms in total. The number of likely N-dealkylation sites (N-methyl/N-ethyl adjacent to an activating group) is 1. The molecule has 0 atom stereocenters. The predicted molar refractivity (Wildman–Crippen MR) is 136 cm³/mol. The molecule has 8 heteroatoms. The second-order valence-electron chi connectivity index (χ2n) is 8.81. The number of aromatic nitrogens is 3. The Hall–Kier alpha value is -3.36. The molecule has 178 valence electrons. The summed E-state index contributed by atoms with van der Waals surface area (Å²) in [6, 6.07) is 11.5. The number of carbonyl (C=O) groups excluding carboxylic acids is 1. The summed E-state index contributed by atoms with van der Waals surface area (Å²) in [6.45, 7) is 7.58. The number of nitrogens with zero attached hydrogens (tertiary/aromatic N) is 5. The van der Waals surface area contributed by atoms with Crippen molar-refractivity contribution in [3.8, 4) is 11.3 Å². The third-order valence-electron chi connectivity index (χ3n) is 6.10. The summed E-state index contributed by atoms with van der Waals surface area (Å²) < 4.78 is 0. The van der Waals surface area contributed by atoms with Gasteiger partial charge in [-0.3, -0.25) is 9.78 Å².